The molecule has 0 saturated carbocycles. The Morgan fingerprint density at radius 1 is 0.673 bits per heavy atom. The molecule has 8 nitrogen and oxygen atoms in total. The number of esters is 2. The van der Waals surface area contributed by atoms with E-state index in [-0.39, 0.29) is 26.4 Å². The lowest BCUT2D eigenvalue weighted by molar-refractivity contribution is -0.149. The third-order valence-electron chi connectivity index (χ3n) is 7.27. The highest BCUT2D eigenvalue weighted by Crippen LogP contribution is 2.32. The van der Waals surface area contributed by atoms with Crippen molar-refractivity contribution in [1.82, 2.24) is 0 Å². The molecule has 0 aliphatic heterocycles. The van der Waals surface area contributed by atoms with Gasteiger partial charge in [0, 0.05) is 28.9 Å². The minimum Gasteiger partial charge on any atom is -0.491 e. The second-order valence-corrected chi connectivity index (χ2v) is 11.2. The summed E-state index contributed by atoms with van der Waals surface area (Å²) in [6.45, 7) is 10.6. The van der Waals surface area contributed by atoms with Gasteiger partial charge in [0.25, 0.3) is 0 Å². The summed E-state index contributed by atoms with van der Waals surface area (Å²) in [5.74, 6) is 0.392. The summed E-state index contributed by atoms with van der Waals surface area (Å²) in [7, 11) is 0. The molecule has 1 atom stereocenters. The van der Waals surface area contributed by atoms with Crippen LogP contribution in [0, 0.1) is 0 Å². The molecule has 4 aromatic rings. The van der Waals surface area contributed by atoms with Crippen molar-refractivity contribution in [1.29, 1.82) is 0 Å². The zero-order valence-electron chi connectivity index (χ0n) is 28.4. The van der Waals surface area contributed by atoms with E-state index in [1.165, 1.54) is 0 Å². The van der Waals surface area contributed by atoms with Crippen molar-refractivity contribution < 1.29 is 38.0 Å². The highest BCUT2D eigenvalue weighted by molar-refractivity contribution is 5.93. The molecule has 0 spiro atoms. The van der Waals surface area contributed by atoms with Crippen LogP contribution in [0.3, 0.4) is 0 Å². The van der Waals surface area contributed by atoms with E-state index < -0.39 is 18.0 Å². The normalized spacial score (nSPS) is 11.8. The molecule has 8 heteroatoms. The van der Waals surface area contributed by atoms with Gasteiger partial charge < -0.3 is 28.4 Å². The third-order valence-corrected chi connectivity index (χ3v) is 7.27. The highest BCUT2D eigenvalue weighted by Gasteiger charge is 2.18. The summed E-state index contributed by atoms with van der Waals surface area (Å²) >= 11 is 0. The largest absolute Gasteiger partial charge is 0.491 e. The van der Waals surface area contributed by atoms with Gasteiger partial charge in [-0.2, -0.15) is 0 Å². The molecule has 0 aliphatic rings. The third kappa shape index (κ3) is 11.8. The van der Waals surface area contributed by atoms with Crippen LogP contribution < -0.4 is 9.47 Å². The summed E-state index contributed by atoms with van der Waals surface area (Å²) in [4.78, 5) is 25.0. The van der Waals surface area contributed by atoms with Gasteiger partial charge in [0.15, 0.2) is 6.10 Å². The van der Waals surface area contributed by atoms with Crippen LogP contribution in [0.4, 0.5) is 0 Å². The molecule has 0 N–H and O–H groups in total. The van der Waals surface area contributed by atoms with Crippen molar-refractivity contribution in [3.05, 3.63) is 126 Å². The van der Waals surface area contributed by atoms with Crippen LogP contribution in [0.1, 0.15) is 26.3 Å². The number of hydrogen-bond acceptors (Lipinski definition) is 8. The monoisotopic (exact) mass is 664 g/mol. The molecule has 0 aliphatic carbocycles. The summed E-state index contributed by atoms with van der Waals surface area (Å²) in [6, 6.07) is 33.4. The molecule has 0 bridgehead atoms. The molecule has 0 amide bonds. The number of benzene rings is 4. The van der Waals surface area contributed by atoms with Crippen molar-refractivity contribution in [2.24, 2.45) is 0 Å². The van der Waals surface area contributed by atoms with Crippen LogP contribution in [0.5, 0.6) is 11.5 Å². The van der Waals surface area contributed by atoms with Gasteiger partial charge in [0.05, 0.1) is 19.8 Å². The van der Waals surface area contributed by atoms with Crippen molar-refractivity contribution in [2.75, 3.05) is 46.2 Å². The second kappa shape index (κ2) is 19.6. The number of hydrogen-bond donors (Lipinski definition) is 0. The first-order valence-electron chi connectivity index (χ1n) is 16.3. The van der Waals surface area contributed by atoms with E-state index in [4.69, 9.17) is 28.4 Å². The van der Waals surface area contributed by atoms with Gasteiger partial charge in [-0.25, -0.2) is 9.59 Å². The fourth-order valence-corrected chi connectivity index (χ4v) is 4.78. The molecule has 0 aromatic heterocycles. The van der Waals surface area contributed by atoms with Crippen LogP contribution >= 0.6 is 0 Å². The van der Waals surface area contributed by atoms with E-state index in [0.29, 0.717) is 36.7 Å². The Morgan fingerprint density at radius 3 is 1.98 bits per heavy atom. The van der Waals surface area contributed by atoms with Crippen molar-refractivity contribution in [3.63, 3.8) is 0 Å². The van der Waals surface area contributed by atoms with E-state index in [1.54, 1.807) is 19.9 Å². The van der Waals surface area contributed by atoms with E-state index in [9.17, 15) is 9.59 Å². The Balaban J connectivity index is 1.31. The van der Waals surface area contributed by atoms with E-state index in [0.717, 1.165) is 33.6 Å². The van der Waals surface area contributed by atoms with Gasteiger partial charge in [-0.05, 0) is 55.7 Å². The fourth-order valence-electron chi connectivity index (χ4n) is 4.78. The molecule has 0 fully saturated rings. The molecule has 256 valence electrons. The predicted octanol–water partition coefficient (Wildman–Crippen LogP) is 7.97. The molecule has 1 unspecified atom stereocenters. The van der Waals surface area contributed by atoms with Gasteiger partial charge in [-0.15, -0.1) is 0 Å². The molecule has 4 aromatic carbocycles. The molecular formula is C41H44O8. The van der Waals surface area contributed by atoms with Gasteiger partial charge in [0.2, 0.25) is 0 Å². The molecule has 4 rings (SSSR count). The van der Waals surface area contributed by atoms with Gasteiger partial charge in [-0.1, -0.05) is 97.6 Å². The summed E-state index contributed by atoms with van der Waals surface area (Å²) < 4.78 is 34.3. The number of ether oxygens (including phenoxy) is 6. The second-order valence-electron chi connectivity index (χ2n) is 11.2. The van der Waals surface area contributed by atoms with Crippen molar-refractivity contribution in [3.8, 4) is 33.8 Å². The van der Waals surface area contributed by atoms with Gasteiger partial charge in [0.1, 0.15) is 31.3 Å². The topological polar surface area (TPSA) is 89.5 Å². The lowest BCUT2D eigenvalue weighted by Crippen LogP contribution is -2.30. The number of carbonyl (C=O) groups excluding carboxylic acids is 2. The zero-order valence-corrected chi connectivity index (χ0v) is 28.4. The molecule has 49 heavy (non-hydrogen) atoms. The van der Waals surface area contributed by atoms with Gasteiger partial charge >= 0.3 is 11.9 Å². The number of para-hydroxylation sites is 1. The average molecular weight is 665 g/mol. The van der Waals surface area contributed by atoms with Crippen LogP contribution in [0.2, 0.25) is 0 Å². The summed E-state index contributed by atoms with van der Waals surface area (Å²) in [5, 5.41) is 0. The highest BCUT2D eigenvalue weighted by atomic mass is 16.6. The van der Waals surface area contributed by atoms with Crippen LogP contribution in [0.25, 0.3) is 28.3 Å². The molecule has 0 heterocycles. The maximum atomic E-state index is 12.8. The maximum absolute atomic E-state index is 12.8. The van der Waals surface area contributed by atoms with Crippen LogP contribution in [-0.4, -0.2) is 64.3 Å². The Morgan fingerprint density at radius 2 is 1.31 bits per heavy atom. The van der Waals surface area contributed by atoms with Crippen LogP contribution in [-0.2, 0) is 28.5 Å². The standard InChI is InChI=1S/C41H44O8/c1-5-44-28-35(49-40(42)30(2)3)29-48-39-27-32(20-21-37(39)34-16-10-7-11-17-34)26-31(4)41(43)47-25-23-45-22-24-46-38-19-13-12-18-36(38)33-14-8-6-9-15-33/h6-21,26-27,35H,2,5,22-25,28-29H2,1,3-4H3/b31-26-. The van der Waals surface area contributed by atoms with Gasteiger partial charge in [-0.3, -0.25) is 0 Å². The molecular weight excluding hydrogens is 620 g/mol. The lowest BCUT2D eigenvalue weighted by atomic mass is 10.0. The van der Waals surface area contributed by atoms with Crippen molar-refractivity contribution >= 4 is 18.0 Å². The number of rotatable bonds is 19. The van der Waals surface area contributed by atoms with Crippen LogP contribution in [0.15, 0.2) is 121 Å². The smallest absolute Gasteiger partial charge is 0.333 e. The van der Waals surface area contributed by atoms with E-state index in [1.807, 2.05) is 110 Å². The lowest BCUT2D eigenvalue weighted by Gasteiger charge is -2.20. The average Bonchev–Trinajstić information content (AvgIpc) is 3.13. The first kappa shape index (κ1) is 36.7. The predicted molar refractivity (Wildman–Crippen MR) is 191 cm³/mol. The Bertz CT molecular complexity index is 1680. The fraction of sp³-hybridized carbons (Fsp3) is 0.268. The molecule has 0 saturated heterocycles. The summed E-state index contributed by atoms with van der Waals surface area (Å²) in [5.41, 5.74) is 5.36. The Kier molecular flexibility index (Phi) is 14.7. The minimum absolute atomic E-state index is 0.0671. The zero-order chi connectivity index (χ0) is 34.8. The quantitative estimate of drug-likeness (QED) is 0.0567. The SMILES string of the molecule is C=C(C)C(=O)OC(COCC)COc1cc(/C=C(/C)C(=O)OCCOCCOc2ccccc2-c2ccccc2)ccc1-c1ccccc1. The first-order valence-corrected chi connectivity index (χ1v) is 16.3. The number of carbonyl (C=O) groups is 2. The molecule has 0 radical (unpaired) electrons. The van der Waals surface area contributed by atoms with E-state index >= 15 is 0 Å². The summed E-state index contributed by atoms with van der Waals surface area (Å²) in [6.07, 6.45) is 1.10. The maximum Gasteiger partial charge on any atom is 0.333 e. The minimum atomic E-state index is -0.637. The Hall–Kier alpha value is -5.18. The Labute approximate surface area is 288 Å². The van der Waals surface area contributed by atoms with Crippen molar-refractivity contribution in [2.45, 2.75) is 26.9 Å². The van der Waals surface area contributed by atoms with E-state index in [2.05, 4.69) is 6.58 Å². The first-order chi connectivity index (χ1) is 23.9.